The van der Waals surface area contributed by atoms with Gasteiger partial charge in [-0.15, -0.1) is 11.3 Å². The molecule has 0 aliphatic carbocycles. The molecule has 3 aromatic rings. The second-order valence-corrected chi connectivity index (χ2v) is 8.88. The second-order valence-electron chi connectivity index (χ2n) is 7.39. The lowest BCUT2D eigenvalue weighted by molar-refractivity contribution is 0.0937. The van der Waals surface area contributed by atoms with Crippen LogP contribution in [0.3, 0.4) is 0 Å². The first-order valence-electron chi connectivity index (χ1n) is 10.00. The lowest BCUT2D eigenvalue weighted by atomic mass is 9.99. The Labute approximate surface area is 195 Å². The fraction of sp³-hybridized carbons (Fsp3) is 0.250. The molecular formula is C24H22ClNO5S. The molecule has 166 valence electrons. The van der Waals surface area contributed by atoms with Gasteiger partial charge in [0.25, 0.3) is 5.91 Å². The molecule has 0 fully saturated rings. The van der Waals surface area contributed by atoms with Crippen molar-refractivity contribution < 1.29 is 23.8 Å². The second kappa shape index (κ2) is 9.22. The van der Waals surface area contributed by atoms with E-state index in [1.165, 1.54) is 18.3 Å². The molecule has 32 heavy (non-hydrogen) atoms. The average Bonchev–Trinajstić information content (AvgIpc) is 3.44. The van der Waals surface area contributed by atoms with E-state index in [0.717, 1.165) is 22.4 Å². The van der Waals surface area contributed by atoms with Crippen LogP contribution >= 0.6 is 22.9 Å². The Balaban J connectivity index is 1.49. The molecule has 0 radical (unpaired) electrons. The van der Waals surface area contributed by atoms with E-state index in [4.69, 9.17) is 25.8 Å². The van der Waals surface area contributed by atoms with Gasteiger partial charge in [-0.1, -0.05) is 11.6 Å². The quantitative estimate of drug-likeness (QED) is 0.490. The van der Waals surface area contributed by atoms with Gasteiger partial charge >= 0.3 is 0 Å². The summed E-state index contributed by atoms with van der Waals surface area (Å²) in [5.41, 5.74) is 2.73. The number of amides is 1. The van der Waals surface area contributed by atoms with Gasteiger partial charge in [-0.2, -0.15) is 0 Å². The van der Waals surface area contributed by atoms with Crippen LogP contribution in [0.15, 0.2) is 42.5 Å². The van der Waals surface area contributed by atoms with Crippen LogP contribution < -0.4 is 19.5 Å². The predicted molar refractivity (Wildman–Crippen MR) is 125 cm³/mol. The zero-order valence-corrected chi connectivity index (χ0v) is 19.4. The van der Waals surface area contributed by atoms with E-state index in [1.54, 1.807) is 26.4 Å². The molecule has 0 unspecified atom stereocenters. The van der Waals surface area contributed by atoms with E-state index in [-0.39, 0.29) is 17.8 Å². The van der Waals surface area contributed by atoms with Crippen molar-refractivity contribution in [2.24, 2.45) is 0 Å². The number of benzene rings is 2. The van der Waals surface area contributed by atoms with Gasteiger partial charge in [-0.05, 0) is 55.0 Å². The highest BCUT2D eigenvalue weighted by Gasteiger charge is 2.27. The third kappa shape index (κ3) is 4.45. The number of hydrogen-bond donors (Lipinski definition) is 1. The molecule has 6 nitrogen and oxygen atoms in total. The molecule has 0 spiro atoms. The number of rotatable bonds is 7. The van der Waals surface area contributed by atoms with Gasteiger partial charge in [-0.3, -0.25) is 9.59 Å². The minimum absolute atomic E-state index is 0.0539. The molecule has 0 saturated carbocycles. The summed E-state index contributed by atoms with van der Waals surface area (Å²) in [5, 5.41) is 3.38. The largest absolute Gasteiger partial charge is 0.497 e. The highest BCUT2D eigenvalue weighted by atomic mass is 35.5. The van der Waals surface area contributed by atoms with Crippen LogP contribution in [0.1, 0.15) is 31.8 Å². The van der Waals surface area contributed by atoms with Gasteiger partial charge in [0.2, 0.25) is 0 Å². The fourth-order valence-electron chi connectivity index (χ4n) is 3.64. The maximum absolute atomic E-state index is 12.4. The van der Waals surface area contributed by atoms with E-state index in [1.807, 2.05) is 30.3 Å². The molecular weight excluding hydrogens is 450 g/mol. The Bertz CT molecular complexity index is 1190. The molecule has 1 atom stereocenters. The minimum Gasteiger partial charge on any atom is -0.497 e. The smallest absolute Gasteiger partial charge is 0.261 e. The summed E-state index contributed by atoms with van der Waals surface area (Å²) in [4.78, 5) is 24.9. The molecule has 1 amide bonds. The highest BCUT2D eigenvalue weighted by molar-refractivity contribution is 7.15. The van der Waals surface area contributed by atoms with Crippen LogP contribution in [0.25, 0.3) is 11.1 Å². The lowest BCUT2D eigenvalue weighted by Gasteiger charge is -2.13. The number of Topliss-reactive ketones (excluding diaryl/α,β-unsaturated/α-hetero) is 1. The first-order chi connectivity index (χ1) is 15.4. The third-order valence-corrected chi connectivity index (χ3v) is 6.70. The molecule has 0 saturated heterocycles. The highest BCUT2D eigenvalue weighted by Crippen LogP contribution is 2.42. The minimum atomic E-state index is -0.235. The first-order valence-corrected chi connectivity index (χ1v) is 11.2. The third-order valence-electron chi connectivity index (χ3n) is 5.24. The normalized spacial score (nSPS) is 14.4. The summed E-state index contributed by atoms with van der Waals surface area (Å²) in [6, 6.07) is 12.8. The van der Waals surface area contributed by atoms with Gasteiger partial charge in [0.1, 0.15) is 23.4 Å². The van der Waals surface area contributed by atoms with Gasteiger partial charge in [0.05, 0.1) is 35.5 Å². The van der Waals surface area contributed by atoms with E-state index in [9.17, 15) is 9.59 Å². The maximum Gasteiger partial charge on any atom is 0.261 e. The summed E-state index contributed by atoms with van der Waals surface area (Å²) in [7, 11) is 3.24. The molecule has 0 bridgehead atoms. The molecule has 8 heteroatoms. The number of hydrogen-bond acceptors (Lipinski definition) is 6. The molecule has 1 aromatic heterocycles. The SMILES string of the molecule is COc1ccc(OC)c(-c2cc(Cl)c3c(c2)C[C@@H](CNC(=O)c2ccc(C(C)=O)s2)O3)c1. The van der Waals surface area contributed by atoms with Gasteiger partial charge < -0.3 is 19.5 Å². The molecule has 1 N–H and O–H groups in total. The van der Waals surface area contributed by atoms with Crippen molar-refractivity contribution in [2.45, 2.75) is 19.4 Å². The van der Waals surface area contributed by atoms with Crippen molar-refractivity contribution in [3.05, 3.63) is 62.8 Å². The van der Waals surface area contributed by atoms with E-state index in [0.29, 0.717) is 39.2 Å². The molecule has 1 aliphatic rings. The number of thiophene rings is 1. The number of ketones is 1. The zero-order valence-electron chi connectivity index (χ0n) is 17.9. The monoisotopic (exact) mass is 471 g/mol. The van der Waals surface area contributed by atoms with Crippen molar-refractivity contribution in [3.8, 4) is 28.4 Å². The van der Waals surface area contributed by atoms with Crippen LogP contribution in [0, 0.1) is 0 Å². The summed E-state index contributed by atoms with van der Waals surface area (Å²) >= 11 is 7.72. The Kier molecular flexibility index (Phi) is 6.39. The van der Waals surface area contributed by atoms with Crippen molar-refractivity contribution in [3.63, 3.8) is 0 Å². The Hall–Kier alpha value is -3.03. The van der Waals surface area contributed by atoms with Crippen LogP contribution in [0.2, 0.25) is 5.02 Å². The van der Waals surface area contributed by atoms with Gasteiger partial charge in [-0.25, -0.2) is 0 Å². The molecule has 4 rings (SSSR count). The molecule has 2 heterocycles. The Morgan fingerprint density at radius 2 is 1.91 bits per heavy atom. The summed E-state index contributed by atoms with van der Waals surface area (Å²) in [6.07, 6.45) is 0.375. The van der Waals surface area contributed by atoms with Crippen LogP contribution in [0.4, 0.5) is 0 Å². The van der Waals surface area contributed by atoms with Gasteiger partial charge in [0, 0.05) is 17.5 Å². The lowest BCUT2D eigenvalue weighted by Crippen LogP contribution is -2.34. The van der Waals surface area contributed by atoms with Crippen molar-refractivity contribution in [1.82, 2.24) is 5.32 Å². The van der Waals surface area contributed by atoms with Crippen molar-refractivity contribution in [1.29, 1.82) is 0 Å². The average molecular weight is 472 g/mol. The number of ether oxygens (including phenoxy) is 3. The van der Waals surface area contributed by atoms with Crippen LogP contribution in [0.5, 0.6) is 17.2 Å². The van der Waals surface area contributed by atoms with Gasteiger partial charge in [0.15, 0.2) is 5.78 Å². The van der Waals surface area contributed by atoms with E-state index in [2.05, 4.69) is 5.32 Å². The molecule has 2 aromatic carbocycles. The number of fused-ring (bicyclic) bond motifs is 1. The summed E-state index contributed by atoms with van der Waals surface area (Å²) in [5.74, 6) is 1.78. The summed E-state index contributed by atoms with van der Waals surface area (Å²) in [6.45, 7) is 1.81. The first kappa shape index (κ1) is 22.2. The molecule has 1 aliphatic heterocycles. The number of carbonyl (C=O) groups excluding carboxylic acids is 2. The van der Waals surface area contributed by atoms with E-state index < -0.39 is 0 Å². The number of carbonyl (C=O) groups is 2. The summed E-state index contributed by atoms with van der Waals surface area (Å²) < 4.78 is 16.9. The Morgan fingerprint density at radius 3 is 2.59 bits per heavy atom. The topological polar surface area (TPSA) is 73.9 Å². The maximum atomic E-state index is 12.4. The number of nitrogens with one attached hydrogen (secondary N) is 1. The Morgan fingerprint density at radius 1 is 1.12 bits per heavy atom. The van der Waals surface area contributed by atoms with Crippen LogP contribution in [-0.4, -0.2) is 38.6 Å². The van der Waals surface area contributed by atoms with Crippen molar-refractivity contribution >= 4 is 34.6 Å². The predicted octanol–water partition coefficient (Wildman–Crippen LogP) is 5.02. The van der Waals surface area contributed by atoms with E-state index >= 15 is 0 Å². The fourth-order valence-corrected chi connectivity index (χ4v) is 4.74. The standard InChI is InChI=1S/C24H22ClNO5S/c1-13(27)21-6-7-22(32-21)24(28)26-12-17-9-15-8-14(10-19(25)23(15)31-17)18-11-16(29-2)4-5-20(18)30-3/h4-8,10-11,17H,9,12H2,1-3H3,(H,26,28)/t17-/m0/s1. The number of halogens is 1. The van der Waals surface area contributed by atoms with Crippen molar-refractivity contribution in [2.75, 3.05) is 20.8 Å². The zero-order chi connectivity index (χ0) is 22.8. The van der Waals surface area contributed by atoms with Crippen LogP contribution in [-0.2, 0) is 6.42 Å². The number of methoxy groups -OCH3 is 2.